The van der Waals surface area contributed by atoms with Crippen molar-refractivity contribution in [3.05, 3.63) is 16.4 Å². The summed E-state index contributed by atoms with van der Waals surface area (Å²) in [4.78, 5) is 0. The fourth-order valence-corrected chi connectivity index (χ4v) is 4.10. The third-order valence-electron chi connectivity index (χ3n) is 4.85. The number of hydrogen-bond acceptors (Lipinski definition) is 3. The van der Waals surface area contributed by atoms with Gasteiger partial charge in [-0.25, -0.2) is 0 Å². The van der Waals surface area contributed by atoms with Crippen molar-refractivity contribution < 1.29 is 4.74 Å². The van der Waals surface area contributed by atoms with Gasteiger partial charge in [0.05, 0.1) is 29.5 Å². The standard InChI is InChI=1S/C16H26BrN3O/c1-21-9-8-20-16(15(17)11-19-20)14-5-3-2-4-12(14)10-18-13-6-7-13/h11-14,18H,2-10H2,1H3. The van der Waals surface area contributed by atoms with Gasteiger partial charge in [-0.1, -0.05) is 12.8 Å². The maximum Gasteiger partial charge on any atom is 0.0658 e. The fourth-order valence-electron chi connectivity index (χ4n) is 3.51. The van der Waals surface area contributed by atoms with Crippen LogP contribution in [0.4, 0.5) is 0 Å². The third kappa shape index (κ3) is 3.88. The maximum atomic E-state index is 5.22. The van der Waals surface area contributed by atoms with Gasteiger partial charge in [0.15, 0.2) is 0 Å². The molecule has 3 rings (SSSR count). The third-order valence-corrected chi connectivity index (χ3v) is 5.46. The molecule has 1 N–H and O–H groups in total. The van der Waals surface area contributed by atoms with Crippen LogP contribution in [0.15, 0.2) is 10.7 Å². The second-order valence-electron chi connectivity index (χ2n) is 6.43. The molecule has 1 heterocycles. The first-order chi connectivity index (χ1) is 10.3. The number of aromatic nitrogens is 2. The van der Waals surface area contributed by atoms with Crippen LogP contribution < -0.4 is 5.32 Å². The number of methoxy groups -OCH3 is 1. The van der Waals surface area contributed by atoms with Crippen LogP contribution in [0.3, 0.4) is 0 Å². The molecule has 2 aliphatic carbocycles. The van der Waals surface area contributed by atoms with E-state index in [0.717, 1.165) is 31.7 Å². The van der Waals surface area contributed by atoms with Gasteiger partial charge in [-0.15, -0.1) is 0 Å². The Hall–Kier alpha value is -0.390. The van der Waals surface area contributed by atoms with E-state index in [1.165, 1.54) is 48.7 Å². The highest BCUT2D eigenvalue weighted by molar-refractivity contribution is 9.10. The molecule has 5 heteroatoms. The van der Waals surface area contributed by atoms with Crippen LogP contribution in [0.1, 0.15) is 50.1 Å². The van der Waals surface area contributed by atoms with Crippen LogP contribution in [-0.4, -0.2) is 36.1 Å². The van der Waals surface area contributed by atoms with Gasteiger partial charge in [-0.3, -0.25) is 4.68 Å². The van der Waals surface area contributed by atoms with Gasteiger partial charge in [0.25, 0.3) is 0 Å². The summed E-state index contributed by atoms with van der Waals surface area (Å²) in [5.74, 6) is 1.37. The Labute approximate surface area is 135 Å². The molecule has 1 aromatic rings. The molecule has 1 aromatic heterocycles. The molecule has 2 fully saturated rings. The van der Waals surface area contributed by atoms with Gasteiger partial charge in [-0.2, -0.15) is 5.10 Å². The van der Waals surface area contributed by atoms with Crippen molar-refractivity contribution in [2.75, 3.05) is 20.3 Å². The normalized spacial score (nSPS) is 26.2. The number of hydrogen-bond donors (Lipinski definition) is 1. The highest BCUT2D eigenvalue weighted by Gasteiger charge is 2.32. The van der Waals surface area contributed by atoms with Crippen LogP contribution in [0.2, 0.25) is 0 Å². The average molecular weight is 356 g/mol. The molecule has 0 spiro atoms. The summed E-state index contributed by atoms with van der Waals surface area (Å²) in [5, 5.41) is 8.27. The Bertz CT molecular complexity index is 458. The molecule has 118 valence electrons. The lowest BCUT2D eigenvalue weighted by atomic mass is 9.77. The van der Waals surface area contributed by atoms with Crippen LogP contribution >= 0.6 is 15.9 Å². The van der Waals surface area contributed by atoms with Gasteiger partial charge >= 0.3 is 0 Å². The summed E-state index contributed by atoms with van der Waals surface area (Å²) in [6, 6.07) is 0.800. The molecule has 0 amide bonds. The first-order valence-corrected chi connectivity index (χ1v) is 9.02. The van der Waals surface area contributed by atoms with Gasteiger partial charge in [-0.05, 0) is 54.1 Å². The van der Waals surface area contributed by atoms with Crippen LogP contribution in [0, 0.1) is 5.92 Å². The second-order valence-corrected chi connectivity index (χ2v) is 7.28. The highest BCUT2D eigenvalue weighted by Crippen LogP contribution is 2.40. The Morgan fingerprint density at radius 2 is 2.14 bits per heavy atom. The second kappa shape index (κ2) is 7.25. The predicted octanol–water partition coefficient (Wildman–Crippen LogP) is 3.32. The number of rotatable bonds is 7. The lowest BCUT2D eigenvalue weighted by molar-refractivity contribution is 0.179. The zero-order valence-electron chi connectivity index (χ0n) is 12.9. The van der Waals surface area contributed by atoms with Crippen molar-refractivity contribution in [1.29, 1.82) is 0 Å². The van der Waals surface area contributed by atoms with E-state index in [1.54, 1.807) is 7.11 Å². The highest BCUT2D eigenvalue weighted by atomic mass is 79.9. The van der Waals surface area contributed by atoms with Crippen molar-refractivity contribution in [3.63, 3.8) is 0 Å². The van der Waals surface area contributed by atoms with E-state index in [-0.39, 0.29) is 0 Å². The quantitative estimate of drug-likeness (QED) is 0.815. The molecule has 4 nitrogen and oxygen atoms in total. The predicted molar refractivity (Wildman–Crippen MR) is 87.5 cm³/mol. The van der Waals surface area contributed by atoms with Crippen molar-refractivity contribution >= 4 is 15.9 Å². The van der Waals surface area contributed by atoms with E-state index in [1.807, 2.05) is 6.20 Å². The van der Waals surface area contributed by atoms with Crippen molar-refractivity contribution in [2.24, 2.45) is 5.92 Å². The molecule has 2 atom stereocenters. The summed E-state index contributed by atoms with van der Waals surface area (Å²) in [6.45, 7) is 2.73. The molecule has 0 aromatic carbocycles. The van der Waals surface area contributed by atoms with E-state index in [9.17, 15) is 0 Å². The smallest absolute Gasteiger partial charge is 0.0658 e. The van der Waals surface area contributed by atoms with Gasteiger partial charge < -0.3 is 10.1 Å². The minimum absolute atomic E-state index is 0.624. The van der Waals surface area contributed by atoms with Crippen molar-refractivity contribution in [3.8, 4) is 0 Å². The molecule has 0 radical (unpaired) electrons. The lowest BCUT2D eigenvalue weighted by Gasteiger charge is -2.32. The number of nitrogens with one attached hydrogen (secondary N) is 1. The van der Waals surface area contributed by atoms with Crippen LogP contribution in [0.5, 0.6) is 0 Å². The zero-order valence-corrected chi connectivity index (χ0v) is 14.4. The summed E-state index contributed by atoms with van der Waals surface area (Å²) in [5.41, 5.74) is 1.38. The van der Waals surface area contributed by atoms with Gasteiger partial charge in [0, 0.05) is 19.1 Å². The summed E-state index contributed by atoms with van der Waals surface area (Å²) < 4.78 is 8.54. The zero-order chi connectivity index (χ0) is 14.7. The Kier molecular flexibility index (Phi) is 5.35. The van der Waals surface area contributed by atoms with E-state index in [0.29, 0.717) is 5.92 Å². The largest absolute Gasteiger partial charge is 0.383 e. The fraction of sp³-hybridized carbons (Fsp3) is 0.812. The molecular weight excluding hydrogens is 330 g/mol. The maximum absolute atomic E-state index is 5.22. The lowest BCUT2D eigenvalue weighted by Crippen LogP contribution is -2.32. The molecule has 0 aliphatic heterocycles. The molecule has 2 saturated carbocycles. The molecule has 2 aliphatic rings. The van der Waals surface area contributed by atoms with E-state index < -0.39 is 0 Å². The van der Waals surface area contributed by atoms with E-state index in [2.05, 4.69) is 31.0 Å². The molecular formula is C16H26BrN3O. The van der Waals surface area contributed by atoms with Crippen molar-refractivity contribution in [1.82, 2.24) is 15.1 Å². The Morgan fingerprint density at radius 3 is 2.90 bits per heavy atom. The molecule has 21 heavy (non-hydrogen) atoms. The van der Waals surface area contributed by atoms with Crippen molar-refractivity contribution in [2.45, 2.75) is 57.0 Å². The molecule has 2 unspecified atom stereocenters. The monoisotopic (exact) mass is 355 g/mol. The SMILES string of the molecule is COCCn1ncc(Br)c1C1CCCCC1CNC1CC1. The van der Waals surface area contributed by atoms with E-state index >= 15 is 0 Å². The van der Waals surface area contributed by atoms with E-state index in [4.69, 9.17) is 4.74 Å². The van der Waals surface area contributed by atoms with Crippen LogP contribution in [0.25, 0.3) is 0 Å². The number of ether oxygens (including phenoxy) is 1. The minimum Gasteiger partial charge on any atom is -0.383 e. The summed E-state index contributed by atoms with van der Waals surface area (Å²) in [6.07, 6.45) is 10.0. The Balaban J connectivity index is 1.73. The summed E-state index contributed by atoms with van der Waals surface area (Å²) >= 11 is 3.72. The first kappa shape index (κ1) is 15.5. The average Bonchev–Trinajstić information content (AvgIpc) is 3.26. The van der Waals surface area contributed by atoms with Crippen LogP contribution in [-0.2, 0) is 11.3 Å². The topological polar surface area (TPSA) is 39.1 Å². The number of nitrogens with zero attached hydrogens (tertiary/aromatic N) is 2. The van der Waals surface area contributed by atoms with Gasteiger partial charge in [0.2, 0.25) is 0 Å². The Morgan fingerprint density at radius 1 is 1.33 bits per heavy atom. The minimum atomic E-state index is 0.624. The number of halogens is 1. The summed E-state index contributed by atoms with van der Waals surface area (Å²) in [7, 11) is 1.75. The van der Waals surface area contributed by atoms with Gasteiger partial charge in [0.1, 0.15) is 0 Å². The first-order valence-electron chi connectivity index (χ1n) is 8.23. The molecule has 0 saturated heterocycles. The molecule has 0 bridgehead atoms.